The molecule has 0 radical (unpaired) electrons. The van der Waals surface area contributed by atoms with Gasteiger partial charge in [-0.1, -0.05) is 0 Å². The number of hydrogen-bond acceptors (Lipinski definition) is 3. The Hall–Kier alpha value is -0.120. The minimum absolute atomic E-state index is 0.721. The Balaban J connectivity index is 1.50. The zero-order valence-electron chi connectivity index (χ0n) is 10.9. The highest BCUT2D eigenvalue weighted by Crippen LogP contribution is 2.18. The second-order valence-electron chi connectivity index (χ2n) is 5.55. The summed E-state index contributed by atoms with van der Waals surface area (Å²) in [5.41, 5.74) is 0. The van der Waals surface area contributed by atoms with E-state index in [1.165, 1.54) is 58.5 Å². The molecule has 0 aromatic heterocycles. The van der Waals surface area contributed by atoms with Gasteiger partial charge in [0, 0.05) is 38.3 Å². The highest BCUT2D eigenvalue weighted by atomic mass is 15.3. The van der Waals surface area contributed by atoms with Crippen LogP contribution in [0.3, 0.4) is 0 Å². The quantitative estimate of drug-likeness (QED) is 0.684. The third-order valence-electron chi connectivity index (χ3n) is 3.80. The van der Waals surface area contributed by atoms with Crippen LogP contribution in [0.2, 0.25) is 0 Å². The summed E-state index contributed by atoms with van der Waals surface area (Å²) in [6.07, 6.45) is 4.14. The smallest absolute Gasteiger partial charge is 0.0113 e. The Morgan fingerprint density at radius 2 is 1.81 bits per heavy atom. The second kappa shape index (κ2) is 5.99. The molecular weight excluding hydrogens is 198 g/mol. The van der Waals surface area contributed by atoms with Gasteiger partial charge in [-0.15, -0.1) is 0 Å². The summed E-state index contributed by atoms with van der Waals surface area (Å²) in [4.78, 5) is 5.20. The summed E-state index contributed by atoms with van der Waals surface area (Å²) in [6.45, 7) is 12.1. The highest BCUT2D eigenvalue weighted by molar-refractivity contribution is 4.81. The third-order valence-corrected chi connectivity index (χ3v) is 3.80. The van der Waals surface area contributed by atoms with Crippen molar-refractivity contribution in [3.05, 3.63) is 0 Å². The lowest BCUT2D eigenvalue weighted by Gasteiger charge is -2.36. The van der Waals surface area contributed by atoms with Crippen LogP contribution in [-0.4, -0.2) is 61.2 Å². The lowest BCUT2D eigenvalue weighted by molar-refractivity contribution is 0.108. The average Bonchev–Trinajstić information content (AvgIpc) is 3.09. The molecule has 1 heterocycles. The van der Waals surface area contributed by atoms with E-state index in [-0.39, 0.29) is 0 Å². The van der Waals surface area contributed by atoms with Gasteiger partial charge in [0.25, 0.3) is 0 Å². The third kappa shape index (κ3) is 4.04. The molecule has 0 spiro atoms. The summed E-state index contributed by atoms with van der Waals surface area (Å²) < 4.78 is 0. The standard InChI is InChI=1S/C13H27N3/c1-12(2)16-10-8-15(9-11-16)7-3-6-14-13-4-5-13/h12-14H,3-11H2,1-2H3. The number of nitrogens with one attached hydrogen (secondary N) is 1. The first kappa shape index (κ1) is 12.3. The average molecular weight is 225 g/mol. The molecule has 2 fully saturated rings. The molecule has 1 aliphatic carbocycles. The van der Waals surface area contributed by atoms with Gasteiger partial charge in [-0.3, -0.25) is 4.90 Å². The summed E-state index contributed by atoms with van der Waals surface area (Å²) in [6, 6.07) is 1.59. The lowest BCUT2D eigenvalue weighted by Crippen LogP contribution is -2.49. The predicted molar refractivity (Wildman–Crippen MR) is 68.8 cm³/mol. The Labute approximate surface area is 100 Å². The van der Waals surface area contributed by atoms with E-state index in [0.717, 1.165) is 12.1 Å². The van der Waals surface area contributed by atoms with Crippen molar-refractivity contribution in [3.8, 4) is 0 Å². The van der Waals surface area contributed by atoms with E-state index >= 15 is 0 Å². The molecule has 2 aliphatic rings. The Kier molecular flexibility index (Phi) is 4.62. The van der Waals surface area contributed by atoms with Gasteiger partial charge in [-0.2, -0.15) is 0 Å². The summed E-state index contributed by atoms with van der Waals surface area (Å²) in [5.74, 6) is 0. The van der Waals surface area contributed by atoms with E-state index in [9.17, 15) is 0 Å². The first-order chi connectivity index (χ1) is 7.75. The fourth-order valence-electron chi connectivity index (χ4n) is 2.40. The molecule has 16 heavy (non-hydrogen) atoms. The van der Waals surface area contributed by atoms with Crippen LogP contribution in [0.4, 0.5) is 0 Å². The molecule has 1 N–H and O–H groups in total. The van der Waals surface area contributed by atoms with Crippen molar-refractivity contribution >= 4 is 0 Å². The molecule has 1 saturated carbocycles. The SMILES string of the molecule is CC(C)N1CCN(CCCNC2CC2)CC1. The van der Waals surface area contributed by atoms with E-state index in [2.05, 4.69) is 29.0 Å². The van der Waals surface area contributed by atoms with Gasteiger partial charge in [0.1, 0.15) is 0 Å². The van der Waals surface area contributed by atoms with Crippen molar-refractivity contribution in [1.29, 1.82) is 0 Å². The maximum atomic E-state index is 3.59. The van der Waals surface area contributed by atoms with Gasteiger partial charge >= 0.3 is 0 Å². The molecule has 94 valence electrons. The van der Waals surface area contributed by atoms with Crippen LogP contribution in [0.15, 0.2) is 0 Å². The van der Waals surface area contributed by atoms with Crippen LogP contribution in [-0.2, 0) is 0 Å². The monoisotopic (exact) mass is 225 g/mol. The lowest BCUT2D eigenvalue weighted by atomic mass is 10.2. The number of nitrogens with zero attached hydrogens (tertiary/aromatic N) is 2. The van der Waals surface area contributed by atoms with Gasteiger partial charge in [0.05, 0.1) is 0 Å². The van der Waals surface area contributed by atoms with Gasteiger partial charge in [0.2, 0.25) is 0 Å². The zero-order valence-corrected chi connectivity index (χ0v) is 10.9. The first-order valence-electron chi connectivity index (χ1n) is 6.95. The van der Waals surface area contributed by atoms with Gasteiger partial charge in [-0.25, -0.2) is 0 Å². The fraction of sp³-hybridized carbons (Fsp3) is 1.00. The number of piperazine rings is 1. The molecule has 1 aliphatic heterocycles. The largest absolute Gasteiger partial charge is 0.314 e. The normalized spacial score (nSPS) is 24.2. The molecule has 0 amide bonds. The minimum atomic E-state index is 0.721. The van der Waals surface area contributed by atoms with Crippen molar-refractivity contribution < 1.29 is 0 Å². The summed E-state index contributed by atoms with van der Waals surface area (Å²) >= 11 is 0. The van der Waals surface area contributed by atoms with Crippen LogP contribution < -0.4 is 5.32 Å². The van der Waals surface area contributed by atoms with Gasteiger partial charge in [-0.05, 0) is 46.2 Å². The van der Waals surface area contributed by atoms with Crippen molar-refractivity contribution in [2.24, 2.45) is 0 Å². The molecule has 3 nitrogen and oxygen atoms in total. The molecule has 0 atom stereocenters. The van der Waals surface area contributed by atoms with Crippen LogP contribution in [0.25, 0.3) is 0 Å². The minimum Gasteiger partial charge on any atom is -0.314 e. The molecular formula is C13H27N3. The molecule has 2 rings (SSSR count). The highest BCUT2D eigenvalue weighted by Gasteiger charge is 2.20. The maximum Gasteiger partial charge on any atom is 0.0113 e. The van der Waals surface area contributed by atoms with Crippen molar-refractivity contribution in [2.75, 3.05) is 39.3 Å². The number of hydrogen-bond donors (Lipinski definition) is 1. The molecule has 0 aromatic carbocycles. The van der Waals surface area contributed by atoms with Crippen molar-refractivity contribution in [2.45, 2.75) is 45.2 Å². The Morgan fingerprint density at radius 3 is 2.38 bits per heavy atom. The number of rotatable bonds is 6. The van der Waals surface area contributed by atoms with Crippen molar-refractivity contribution in [3.63, 3.8) is 0 Å². The van der Waals surface area contributed by atoms with Gasteiger partial charge in [0.15, 0.2) is 0 Å². The van der Waals surface area contributed by atoms with E-state index < -0.39 is 0 Å². The van der Waals surface area contributed by atoms with Crippen LogP contribution in [0.1, 0.15) is 33.1 Å². The maximum absolute atomic E-state index is 3.59. The van der Waals surface area contributed by atoms with Crippen LogP contribution in [0, 0.1) is 0 Å². The summed E-state index contributed by atoms with van der Waals surface area (Å²) in [7, 11) is 0. The molecule has 3 heteroatoms. The predicted octanol–water partition coefficient (Wildman–Crippen LogP) is 1.15. The first-order valence-corrected chi connectivity index (χ1v) is 6.95. The molecule has 0 aromatic rings. The zero-order chi connectivity index (χ0) is 11.4. The topological polar surface area (TPSA) is 18.5 Å². The molecule has 0 unspecified atom stereocenters. The fourth-order valence-corrected chi connectivity index (χ4v) is 2.40. The molecule has 1 saturated heterocycles. The van der Waals surface area contributed by atoms with Crippen LogP contribution >= 0.6 is 0 Å². The van der Waals surface area contributed by atoms with E-state index in [1.807, 2.05) is 0 Å². The molecule has 0 bridgehead atoms. The van der Waals surface area contributed by atoms with E-state index in [4.69, 9.17) is 0 Å². The summed E-state index contributed by atoms with van der Waals surface area (Å²) in [5, 5.41) is 3.59. The van der Waals surface area contributed by atoms with E-state index in [0.29, 0.717) is 0 Å². The Morgan fingerprint density at radius 1 is 1.12 bits per heavy atom. The van der Waals surface area contributed by atoms with Gasteiger partial charge < -0.3 is 10.2 Å². The van der Waals surface area contributed by atoms with Crippen molar-refractivity contribution in [1.82, 2.24) is 15.1 Å². The Bertz CT molecular complexity index is 193. The van der Waals surface area contributed by atoms with E-state index in [1.54, 1.807) is 0 Å². The second-order valence-corrected chi connectivity index (χ2v) is 5.55. The van der Waals surface area contributed by atoms with Crippen LogP contribution in [0.5, 0.6) is 0 Å².